The average molecular weight is 296 g/mol. The summed E-state index contributed by atoms with van der Waals surface area (Å²) in [7, 11) is 1.79. The molecular weight excluding hydrogens is 276 g/mol. The molecule has 8 heteroatoms. The Balaban J connectivity index is 2.45. The minimum atomic E-state index is -1.22. The van der Waals surface area contributed by atoms with E-state index in [1.807, 2.05) is 6.92 Å². The number of aryl methyl sites for hydroxylation is 1. The van der Waals surface area contributed by atoms with Crippen molar-refractivity contribution < 1.29 is 19.5 Å². The fourth-order valence-corrected chi connectivity index (χ4v) is 1.59. The van der Waals surface area contributed by atoms with Crippen LogP contribution < -0.4 is 10.6 Å². The van der Waals surface area contributed by atoms with Crippen LogP contribution >= 0.6 is 0 Å². The highest BCUT2D eigenvalue weighted by molar-refractivity contribution is 5.96. The summed E-state index contributed by atoms with van der Waals surface area (Å²) in [6, 6.07) is -0.663. The van der Waals surface area contributed by atoms with Gasteiger partial charge in [0.15, 0.2) is 0 Å². The Bertz CT molecular complexity index is 563. The number of carbonyl (C=O) groups excluding carboxylic acids is 2. The third-order valence-corrected chi connectivity index (χ3v) is 3.21. The van der Waals surface area contributed by atoms with E-state index in [0.29, 0.717) is 0 Å². The van der Waals surface area contributed by atoms with Crippen molar-refractivity contribution in [1.29, 1.82) is 0 Å². The van der Waals surface area contributed by atoms with E-state index in [2.05, 4.69) is 15.7 Å². The fraction of sp³-hybridized carbons (Fsp3) is 0.538. The number of aliphatic carboxylic acids is 1. The molecule has 0 aromatic carbocycles. The summed E-state index contributed by atoms with van der Waals surface area (Å²) in [5.74, 6) is -1.73. The first-order chi connectivity index (χ1) is 9.63. The Morgan fingerprint density at radius 1 is 1.38 bits per heavy atom. The normalized spacial score (nSPS) is 11.0. The van der Waals surface area contributed by atoms with Crippen LogP contribution in [0.4, 0.5) is 4.79 Å². The highest BCUT2D eigenvalue weighted by Crippen LogP contribution is 2.19. The lowest BCUT2D eigenvalue weighted by atomic mass is 9.89. The van der Waals surface area contributed by atoms with E-state index in [1.54, 1.807) is 17.9 Å². The first-order valence-corrected chi connectivity index (χ1v) is 6.42. The summed E-state index contributed by atoms with van der Waals surface area (Å²) in [6.45, 7) is 4.95. The fourth-order valence-electron chi connectivity index (χ4n) is 1.59. The molecule has 8 nitrogen and oxygen atoms in total. The lowest BCUT2D eigenvalue weighted by molar-refractivity contribution is -0.149. The largest absolute Gasteiger partial charge is 0.481 e. The van der Waals surface area contributed by atoms with Crippen molar-refractivity contribution in [2.45, 2.75) is 33.7 Å². The highest BCUT2D eigenvalue weighted by Gasteiger charge is 2.30. The van der Waals surface area contributed by atoms with Gasteiger partial charge in [-0.3, -0.25) is 19.6 Å². The molecular formula is C13H20N4O4. The van der Waals surface area contributed by atoms with Crippen LogP contribution in [0.15, 0.2) is 6.20 Å². The van der Waals surface area contributed by atoms with Crippen molar-refractivity contribution in [3.05, 3.63) is 17.5 Å². The molecule has 0 aliphatic rings. The predicted molar refractivity (Wildman–Crippen MR) is 74.4 cm³/mol. The van der Waals surface area contributed by atoms with Crippen LogP contribution in [0.5, 0.6) is 0 Å². The maximum absolute atomic E-state index is 11.6. The van der Waals surface area contributed by atoms with Crippen molar-refractivity contribution in [3.63, 3.8) is 0 Å². The van der Waals surface area contributed by atoms with Crippen LogP contribution in [-0.2, 0) is 23.2 Å². The molecule has 1 aromatic heterocycles. The second kappa shape index (κ2) is 6.38. The van der Waals surface area contributed by atoms with E-state index >= 15 is 0 Å². The molecule has 0 fully saturated rings. The van der Waals surface area contributed by atoms with Gasteiger partial charge in [0.25, 0.3) is 0 Å². The summed E-state index contributed by atoms with van der Waals surface area (Å²) in [6.07, 6.45) is 1.35. The number of carboxylic acid groups (broad SMARTS) is 1. The molecule has 1 rings (SSSR count). The molecule has 116 valence electrons. The number of nitrogens with one attached hydrogen (secondary N) is 2. The Hall–Kier alpha value is -2.38. The molecule has 21 heavy (non-hydrogen) atoms. The van der Waals surface area contributed by atoms with E-state index in [9.17, 15) is 14.4 Å². The van der Waals surface area contributed by atoms with Gasteiger partial charge in [0, 0.05) is 31.3 Å². The van der Waals surface area contributed by atoms with Gasteiger partial charge in [0.1, 0.15) is 0 Å². The smallest absolute Gasteiger partial charge is 0.321 e. The van der Waals surface area contributed by atoms with Crippen LogP contribution in [0.25, 0.3) is 0 Å². The summed E-state index contributed by atoms with van der Waals surface area (Å²) in [4.78, 5) is 34.1. The summed E-state index contributed by atoms with van der Waals surface area (Å²) in [5, 5.41) is 17.6. The maximum atomic E-state index is 11.6. The van der Waals surface area contributed by atoms with E-state index in [0.717, 1.165) is 11.3 Å². The number of carboxylic acids is 1. The number of hydrogen-bond acceptors (Lipinski definition) is 4. The minimum absolute atomic E-state index is 0.237. The van der Waals surface area contributed by atoms with Crippen molar-refractivity contribution in [1.82, 2.24) is 20.4 Å². The van der Waals surface area contributed by atoms with Gasteiger partial charge in [-0.2, -0.15) is 5.10 Å². The van der Waals surface area contributed by atoms with Crippen LogP contribution in [0.1, 0.15) is 31.5 Å². The zero-order chi connectivity index (χ0) is 16.2. The van der Waals surface area contributed by atoms with E-state index in [4.69, 9.17) is 5.11 Å². The lowest BCUT2D eigenvalue weighted by Gasteiger charge is -2.17. The van der Waals surface area contributed by atoms with Crippen molar-refractivity contribution in [2.75, 3.05) is 0 Å². The first-order valence-electron chi connectivity index (χ1n) is 6.42. The summed E-state index contributed by atoms with van der Waals surface area (Å²) >= 11 is 0. The molecule has 0 radical (unpaired) electrons. The molecule has 0 saturated heterocycles. The third-order valence-electron chi connectivity index (χ3n) is 3.21. The Labute approximate surface area is 122 Å². The Kier molecular flexibility index (Phi) is 5.07. The van der Waals surface area contributed by atoms with Gasteiger partial charge in [-0.05, 0) is 20.8 Å². The third kappa shape index (κ3) is 4.59. The van der Waals surface area contributed by atoms with Gasteiger partial charge >= 0.3 is 12.0 Å². The molecule has 3 amide bonds. The molecule has 0 saturated carbocycles. The maximum Gasteiger partial charge on any atom is 0.321 e. The van der Waals surface area contributed by atoms with Gasteiger partial charge < -0.3 is 10.4 Å². The number of aromatic nitrogens is 2. The second-order valence-electron chi connectivity index (χ2n) is 5.48. The second-order valence-corrected chi connectivity index (χ2v) is 5.48. The number of nitrogens with zero attached hydrogens (tertiary/aromatic N) is 2. The SMILES string of the molecule is Cc1c(CNC(=O)NC(=O)CC(C)(C)C(=O)O)cnn1C. The van der Waals surface area contributed by atoms with Gasteiger partial charge in [0.05, 0.1) is 11.6 Å². The van der Waals surface area contributed by atoms with Crippen molar-refractivity contribution in [2.24, 2.45) is 12.5 Å². The summed E-state index contributed by atoms with van der Waals surface area (Å²) in [5.41, 5.74) is 0.532. The Morgan fingerprint density at radius 3 is 2.48 bits per heavy atom. The van der Waals surface area contributed by atoms with Gasteiger partial charge in [-0.15, -0.1) is 0 Å². The van der Waals surface area contributed by atoms with E-state index < -0.39 is 23.3 Å². The molecule has 1 heterocycles. The van der Waals surface area contributed by atoms with Crippen LogP contribution in [0, 0.1) is 12.3 Å². The molecule has 0 spiro atoms. The number of amides is 3. The molecule has 3 N–H and O–H groups in total. The molecule has 0 bridgehead atoms. The zero-order valence-corrected chi connectivity index (χ0v) is 12.6. The summed E-state index contributed by atoms with van der Waals surface area (Å²) < 4.78 is 1.68. The van der Waals surface area contributed by atoms with Crippen LogP contribution in [-0.4, -0.2) is 32.8 Å². The standard InChI is InChI=1S/C13H20N4O4/c1-8-9(7-15-17(8)4)6-14-12(21)16-10(18)5-13(2,3)11(19)20/h7H,5-6H2,1-4H3,(H,19,20)(H2,14,16,18,21). The van der Waals surface area contributed by atoms with Gasteiger partial charge in [-0.1, -0.05) is 0 Å². The van der Waals surface area contributed by atoms with Crippen LogP contribution in [0.2, 0.25) is 0 Å². The van der Waals surface area contributed by atoms with Crippen molar-refractivity contribution >= 4 is 17.9 Å². The number of carbonyl (C=O) groups is 3. The number of hydrogen-bond donors (Lipinski definition) is 3. The highest BCUT2D eigenvalue weighted by atomic mass is 16.4. The number of rotatable bonds is 5. The topological polar surface area (TPSA) is 113 Å². The monoisotopic (exact) mass is 296 g/mol. The van der Waals surface area contributed by atoms with Gasteiger partial charge in [0.2, 0.25) is 5.91 Å². The van der Waals surface area contributed by atoms with E-state index in [-0.39, 0.29) is 13.0 Å². The molecule has 0 unspecified atom stereocenters. The predicted octanol–water partition coefficient (Wildman–Crippen LogP) is 0.555. The van der Waals surface area contributed by atoms with Crippen LogP contribution in [0.3, 0.4) is 0 Å². The zero-order valence-electron chi connectivity index (χ0n) is 12.6. The number of urea groups is 1. The quantitative estimate of drug-likeness (QED) is 0.734. The lowest BCUT2D eigenvalue weighted by Crippen LogP contribution is -2.41. The molecule has 1 aromatic rings. The first kappa shape index (κ1) is 16.7. The van der Waals surface area contributed by atoms with Gasteiger partial charge in [-0.25, -0.2) is 4.79 Å². The average Bonchev–Trinajstić information content (AvgIpc) is 2.66. The number of imide groups is 1. The molecule has 0 atom stereocenters. The Morgan fingerprint density at radius 2 is 2.00 bits per heavy atom. The van der Waals surface area contributed by atoms with Crippen molar-refractivity contribution in [3.8, 4) is 0 Å². The van der Waals surface area contributed by atoms with E-state index in [1.165, 1.54) is 13.8 Å². The molecule has 0 aliphatic heterocycles. The minimum Gasteiger partial charge on any atom is -0.481 e. The molecule has 0 aliphatic carbocycles.